The number of likely N-dealkylation sites (tertiary alicyclic amines) is 1. The first-order valence-corrected chi connectivity index (χ1v) is 7.03. The third kappa shape index (κ3) is 2.66. The Morgan fingerprint density at radius 2 is 2.28 bits per heavy atom. The quantitative estimate of drug-likeness (QED) is 0.806. The number of pyridine rings is 1. The van der Waals surface area contributed by atoms with Crippen LogP contribution in [-0.4, -0.2) is 33.7 Å². The van der Waals surface area contributed by atoms with Gasteiger partial charge < -0.3 is 9.88 Å². The second kappa shape index (κ2) is 5.26. The molecule has 1 N–H and O–H groups in total. The van der Waals surface area contributed by atoms with Crippen LogP contribution in [0.15, 0.2) is 17.1 Å². The molecule has 2 rings (SSSR count). The fraction of sp³-hybridized carbons (Fsp3) is 0.538. The lowest BCUT2D eigenvalue weighted by atomic mass is 9.99. The van der Waals surface area contributed by atoms with E-state index in [0.717, 1.165) is 12.1 Å². The molecular formula is C13H17BrN2O2. The Bertz CT molecular complexity index is 512. The topological polar surface area (TPSA) is 53.2 Å². The Hall–Kier alpha value is -1.10. The molecule has 2 heterocycles. The van der Waals surface area contributed by atoms with Crippen molar-refractivity contribution >= 4 is 21.8 Å². The maximum atomic E-state index is 12.3. The van der Waals surface area contributed by atoms with Gasteiger partial charge in [0, 0.05) is 35.9 Å². The van der Waals surface area contributed by atoms with E-state index in [1.54, 1.807) is 11.8 Å². The standard InChI is InChI=1S/C13H17BrN2O2/c1-8-7-16(4-3-11(8)14)13(18)10-6-15-9(2)5-12(10)17/h5-6,8,11H,3-4,7H2,1-2H3,(H,15,17). The molecule has 98 valence electrons. The van der Waals surface area contributed by atoms with Gasteiger partial charge in [0.05, 0.1) is 0 Å². The van der Waals surface area contributed by atoms with Crippen LogP contribution in [0.2, 0.25) is 0 Å². The summed E-state index contributed by atoms with van der Waals surface area (Å²) in [6.07, 6.45) is 2.45. The van der Waals surface area contributed by atoms with Gasteiger partial charge in [-0.05, 0) is 19.3 Å². The Morgan fingerprint density at radius 1 is 1.56 bits per heavy atom. The van der Waals surface area contributed by atoms with Gasteiger partial charge in [-0.1, -0.05) is 22.9 Å². The van der Waals surface area contributed by atoms with E-state index < -0.39 is 0 Å². The molecule has 4 nitrogen and oxygen atoms in total. The number of nitrogens with one attached hydrogen (secondary N) is 1. The minimum atomic E-state index is -0.204. The Kier molecular flexibility index (Phi) is 3.90. The number of aromatic nitrogens is 1. The summed E-state index contributed by atoms with van der Waals surface area (Å²) >= 11 is 3.60. The second-order valence-corrected chi connectivity index (χ2v) is 6.10. The fourth-order valence-electron chi connectivity index (χ4n) is 2.21. The average Bonchev–Trinajstić information content (AvgIpc) is 2.32. The molecule has 0 aliphatic carbocycles. The summed E-state index contributed by atoms with van der Waals surface area (Å²) in [5, 5.41) is 0. The number of hydrogen-bond acceptors (Lipinski definition) is 2. The maximum absolute atomic E-state index is 12.3. The molecule has 1 aliphatic heterocycles. The normalized spacial score (nSPS) is 24.1. The van der Waals surface area contributed by atoms with E-state index in [4.69, 9.17) is 0 Å². The molecule has 5 heteroatoms. The molecule has 0 aromatic carbocycles. The van der Waals surface area contributed by atoms with Crippen molar-refractivity contribution < 1.29 is 4.79 Å². The molecule has 2 unspecified atom stereocenters. The molecule has 1 aliphatic rings. The van der Waals surface area contributed by atoms with E-state index in [-0.39, 0.29) is 16.9 Å². The smallest absolute Gasteiger partial charge is 0.259 e. The highest BCUT2D eigenvalue weighted by atomic mass is 79.9. The van der Waals surface area contributed by atoms with Gasteiger partial charge in [0.2, 0.25) is 0 Å². The van der Waals surface area contributed by atoms with Gasteiger partial charge in [0.15, 0.2) is 5.43 Å². The molecule has 0 radical (unpaired) electrons. The van der Waals surface area contributed by atoms with Crippen LogP contribution in [0, 0.1) is 12.8 Å². The number of aryl methyl sites for hydroxylation is 1. The monoisotopic (exact) mass is 312 g/mol. The van der Waals surface area contributed by atoms with Crippen LogP contribution >= 0.6 is 15.9 Å². The van der Waals surface area contributed by atoms with Crippen LogP contribution in [0.3, 0.4) is 0 Å². The van der Waals surface area contributed by atoms with E-state index in [0.29, 0.717) is 23.8 Å². The van der Waals surface area contributed by atoms with Gasteiger partial charge >= 0.3 is 0 Å². The van der Waals surface area contributed by atoms with E-state index in [1.807, 2.05) is 0 Å². The molecule has 0 spiro atoms. The van der Waals surface area contributed by atoms with Crippen molar-refractivity contribution in [3.05, 3.63) is 33.7 Å². The lowest BCUT2D eigenvalue weighted by Gasteiger charge is -2.34. The molecule has 2 atom stereocenters. The van der Waals surface area contributed by atoms with E-state index in [1.165, 1.54) is 12.3 Å². The van der Waals surface area contributed by atoms with Crippen molar-refractivity contribution in [1.29, 1.82) is 0 Å². The number of hydrogen-bond donors (Lipinski definition) is 1. The number of carbonyl (C=O) groups excluding carboxylic acids is 1. The molecule has 1 aromatic rings. The zero-order chi connectivity index (χ0) is 13.3. The predicted molar refractivity (Wildman–Crippen MR) is 74.2 cm³/mol. The average molecular weight is 313 g/mol. The largest absolute Gasteiger partial charge is 0.364 e. The number of rotatable bonds is 1. The van der Waals surface area contributed by atoms with Crippen LogP contribution in [0.5, 0.6) is 0 Å². The molecule has 1 aromatic heterocycles. The second-order valence-electron chi connectivity index (χ2n) is 4.93. The Labute approximate surface area is 115 Å². The first-order valence-electron chi connectivity index (χ1n) is 6.11. The molecule has 0 saturated carbocycles. The minimum Gasteiger partial charge on any atom is -0.364 e. The zero-order valence-corrected chi connectivity index (χ0v) is 12.2. The summed E-state index contributed by atoms with van der Waals surface area (Å²) in [6.45, 7) is 5.31. The predicted octanol–water partition coefficient (Wildman–Crippen LogP) is 1.93. The number of carbonyl (C=O) groups is 1. The maximum Gasteiger partial charge on any atom is 0.259 e. The molecule has 1 saturated heterocycles. The first-order chi connectivity index (χ1) is 8.49. The van der Waals surface area contributed by atoms with Crippen molar-refractivity contribution in [3.8, 4) is 0 Å². The first kappa shape index (κ1) is 13.3. The molecule has 0 bridgehead atoms. The van der Waals surface area contributed by atoms with E-state index in [9.17, 15) is 9.59 Å². The lowest BCUT2D eigenvalue weighted by Crippen LogP contribution is -2.44. The van der Waals surface area contributed by atoms with Gasteiger partial charge in [-0.15, -0.1) is 0 Å². The van der Waals surface area contributed by atoms with Crippen molar-refractivity contribution in [1.82, 2.24) is 9.88 Å². The summed E-state index contributed by atoms with van der Waals surface area (Å²) in [4.78, 5) is 29.2. The van der Waals surface area contributed by atoms with Crippen LogP contribution < -0.4 is 5.43 Å². The number of aromatic amines is 1. The summed E-state index contributed by atoms with van der Waals surface area (Å²) in [5.74, 6) is 0.245. The lowest BCUT2D eigenvalue weighted by molar-refractivity contribution is 0.0689. The van der Waals surface area contributed by atoms with Gasteiger partial charge in [0.25, 0.3) is 5.91 Å². The number of alkyl halides is 1. The van der Waals surface area contributed by atoms with Crippen LogP contribution in [0.4, 0.5) is 0 Å². The highest BCUT2D eigenvalue weighted by Crippen LogP contribution is 2.23. The minimum absolute atomic E-state index is 0.164. The summed E-state index contributed by atoms with van der Waals surface area (Å²) in [5.41, 5.74) is 0.801. The number of H-pyrrole nitrogens is 1. The van der Waals surface area contributed by atoms with Gasteiger partial charge in [-0.25, -0.2) is 0 Å². The van der Waals surface area contributed by atoms with Crippen molar-refractivity contribution in [2.75, 3.05) is 13.1 Å². The zero-order valence-electron chi connectivity index (χ0n) is 10.6. The number of nitrogens with zero attached hydrogens (tertiary/aromatic N) is 1. The van der Waals surface area contributed by atoms with E-state index in [2.05, 4.69) is 27.8 Å². The van der Waals surface area contributed by atoms with Crippen molar-refractivity contribution in [3.63, 3.8) is 0 Å². The molecular weight excluding hydrogens is 296 g/mol. The van der Waals surface area contributed by atoms with Crippen LogP contribution in [0.1, 0.15) is 29.4 Å². The molecule has 1 amide bonds. The fourth-order valence-corrected chi connectivity index (χ4v) is 2.58. The van der Waals surface area contributed by atoms with Crippen molar-refractivity contribution in [2.45, 2.75) is 25.1 Å². The highest BCUT2D eigenvalue weighted by Gasteiger charge is 2.28. The third-order valence-electron chi connectivity index (χ3n) is 3.38. The number of halogens is 1. The van der Waals surface area contributed by atoms with E-state index >= 15 is 0 Å². The van der Waals surface area contributed by atoms with Crippen LogP contribution in [-0.2, 0) is 0 Å². The molecule has 1 fully saturated rings. The van der Waals surface area contributed by atoms with Crippen LogP contribution in [0.25, 0.3) is 0 Å². The highest BCUT2D eigenvalue weighted by molar-refractivity contribution is 9.09. The molecule has 18 heavy (non-hydrogen) atoms. The van der Waals surface area contributed by atoms with Gasteiger partial charge in [-0.3, -0.25) is 9.59 Å². The number of amides is 1. The van der Waals surface area contributed by atoms with Gasteiger partial charge in [-0.2, -0.15) is 0 Å². The Morgan fingerprint density at radius 3 is 2.89 bits per heavy atom. The summed E-state index contributed by atoms with van der Waals surface area (Å²) in [6, 6.07) is 1.47. The Balaban J connectivity index is 2.19. The summed E-state index contributed by atoms with van der Waals surface area (Å²) < 4.78 is 0. The van der Waals surface area contributed by atoms with Gasteiger partial charge in [0.1, 0.15) is 5.56 Å². The van der Waals surface area contributed by atoms with Crippen molar-refractivity contribution in [2.24, 2.45) is 5.92 Å². The summed E-state index contributed by atoms with van der Waals surface area (Å²) in [7, 11) is 0. The number of piperidine rings is 1. The third-order valence-corrected chi connectivity index (χ3v) is 4.74. The SMILES string of the molecule is Cc1cc(=O)c(C(=O)N2CCC(Br)C(C)C2)c[nH]1.